The van der Waals surface area contributed by atoms with Gasteiger partial charge in [-0.25, -0.2) is 9.19 Å². The summed E-state index contributed by atoms with van der Waals surface area (Å²) in [4.78, 5) is 7.31. The summed E-state index contributed by atoms with van der Waals surface area (Å²) in [6.07, 6.45) is 1.48. The van der Waals surface area contributed by atoms with E-state index >= 15 is 0 Å². The monoisotopic (exact) mass is 237 g/mol. The zero-order chi connectivity index (χ0) is 11.5. The molecule has 0 saturated carbocycles. The van der Waals surface area contributed by atoms with Crippen LogP contribution in [-0.4, -0.2) is 21.3 Å². The van der Waals surface area contributed by atoms with Gasteiger partial charge in [-0.2, -0.15) is 0 Å². The number of para-hydroxylation sites is 1. The van der Waals surface area contributed by atoms with Gasteiger partial charge in [-0.1, -0.05) is 12.1 Å². The molecule has 0 bridgehead atoms. The van der Waals surface area contributed by atoms with E-state index < -0.39 is 10.8 Å². The van der Waals surface area contributed by atoms with Gasteiger partial charge in [-0.15, -0.1) is 0 Å². The highest BCUT2D eigenvalue weighted by Gasteiger charge is 2.13. The highest BCUT2D eigenvalue weighted by Crippen LogP contribution is 2.20. The van der Waals surface area contributed by atoms with E-state index in [-0.39, 0.29) is 0 Å². The van der Waals surface area contributed by atoms with Crippen molar-refractivity contribution < 1.29 is 8.95 Å². The van der Waals surface area contributed by atoms with Crippen molar-refractivity contribution in [2.45, 2.75) is 10.1 Å². The number of aromatic nitrogens is 2. The van der Waals surface area contributed by atoms with E-state index in [0.29, 0.717) is 21.6 Å². The number of hydrogen-bond donors (Lipinski definition) is 2. The number of nitrogens with one attached hydrogen (secondary N) is 1. The van der Waals surface area contributed by atoms with Gasteiger partial charge >= 0.3 is 0 Å². The van der Waals surface area contributed by atoms with Gasteiger partial charge in [0.1, 0.15) is 10.8 Å². The second-order valence-corrected chi connectivity index (χ2v) is 4.43. The Morgan fingerprint density at radius 1 is 1.44 bits per heavy atom. The smallest absolute Gasteiger partial charge is 0.211 e. The molecule has 1 aromatic carbocycles. The second-order valence-electron chi connectivity index (χ2n) is 3.06. The van der Waals surface area contributed by atoms with Crippen molar-refractivity contribution in [1.29, 1.82) is 0 Å². The van der Waals surface area contributed by atoms with Gasteiger partial charge in [0.2, 0.25) is 11.0 Å². The molecule has 0 amide bonds. The highest BCUT2D eigenvalue weighted by atomic mass is 32.2. The number of anilines is 1. The van der Waals surface area contributed by atoms with E-state index in [9.17, 15) is 4.21 Å². The van der Waals surface area contributed by atoms with Gasteiger partial charge in [0, 0.05) is 5.69 Å². The van der Waals surface area contributed by atoms with Crippen LogP contribution in [0.25, 0.3) is 0 Å². The van der Waals surface area contributed by atoms with Crippen LogP contribution in [0.4, 0.5) is 5.69 Å². The summed E-state index contributed by atoms with van der Waals surface area (Å²) in [6, 6.07) is 6.98. The van der Waals surface area contributed by atoms with Crippen LogP contribution in [-0.2, 0) is 10.8 Å². The summed E-state index contributed by atoms with van der Waals surface area (Å²) in [5.74, 6) is 0.470. The molecule has 0 spiro atoms. The molecule has 5 nitrogen and oxygen atoms in total. The largest absolute Gasteiger partial charge is 0.481 e. The van der Waals surface area contributed by atoms with Gasteiger partial charge < -0.3 is 15.5 Å². The molecule has 1 atom stereocenters. The third-order valence-electron chi connectivity index (χ3n) is 2.04. The van der Waals surface area contributed by atoms with Crippen molar-refractivity contribution in [3.8, 4) is 5.88 Å². The van der Waals surface area contributed by atoms with Crippen molar-refractivity contribution in [2.24, 2.45) is 0 Å². The highest BCUT2D eigenvalue weighted by molar-refractivity contribution is 7.85. The Balaban J connectivity index is 2.35. The van der Waals surface area contributed by atoms with Crippen molar-refractivity contribution in [1.82, 2.24) is 9.97 Å². The van der Waals surface area contributed by atoms with E-state index in [1.165, 1.54) is 13.3 Å². The van der Waals surface area contributed by atoms with Crippen molar-refractivity contribution in [2.75, 3.05) is 12.8 Å². The third-order valence-corrected chi connectivity index (χ3v) is 3.37. The van der Waals surface area contributed by atoms with Gasteiger partial charge in [0.05, 0.1) is 18.2 Å². The average molecular weight is 237 g/mol. The summed E-state index contributed by atoms with van der Waals surface area (Å²) in [6.45, 7) is 0. The number of H-pyrrole nitrogens is 1. The quantitative estimate of drug-likeness (QED) is 0.785. The Labute approximate surface area is 95.1 Å². The lowest BCUT2D eigenvalue weighted by molar-refractivity contribution is 0.398. The molecule has 0 aliphatic heterocycles. The summed E-state index contributed by atoms with van der Waals surface area (Å²) in [5, 5.41) is 0.328. The lowest BCUT2D eigenvalue weighted by Crippen LogP contribution is -1.99. The predicted octanol–water partition coefficient (Wildman–Crippen LogP) is 1.17. The summed E-state index contributed by atoms with van der Waals surface area (Å²) >= 11 is 0. The molecule has 0 aliphatic carbocycles. The van der Waals surface area contributed by atoms with Crippen LogP contribution >= 0.6 is 0 Å². The number of benzene rings is 1. The molecular weight excluding hydrogens is 226 g/mol. The fourth-order valence-electron chi connectivity index (χ4n) is 1.24. The Morgan fingerprint density at radius 3 is 2.81 bits per heavy atom. The number of ether oxygens (including phenoxy) is 1. The molecule has 1 unspecified atom stereocenters. The molecule has 2 rings (SSSR count). The number of methoxy groups -OCH3 is 1. The molecule has 16 heavy (non-hydrogen) atoms. The standard InChI is InChI=1S/C10H11N3O2S/c1-15-9-6-12-10(13-9)16(14)8-5-3-2-4-7(8)11/h2-6H,11H2,1H3,(H,12,13). The number of nitrogens with zero attached hydrogens (tertiary/aromatic N) is 1. The van der Waals surface area contributed by atoms with Gasteiger partial charge in [-0.05, 0) is 12.1 Å². The number of aromatic amines is 1. The molecule has 1 aromatic heterocycles. The third kappa shape index (κ3) is 1.92. The van der Waals surface area contributed by atoms with Crippen LogP contribution in [0.2, 0.25) is 0 Å². The molecule has 1 heterocycles. The van der Waals surface area contributed by atoms with Crippen molar-refractivity contribution >= 4 is 16.5 Å². The van der Waals surface area contributed by atoms with Crippen LogP contribution in [0.1, 0.15) is 0 Å². The van der Waals surface area contributed by atoms with Crippen molar-refractivity contribution in [3.05, 3.63) is 30.5 Å². The molecular formula is C10H11N3O2S. The minimum Gasteiger partial charge on any atom is -0.481 e. The summed E-state index contributed by atoms with van der Waals surface area (Å²) < 4.78 is 17.0. The molecule has 84 valence electrons. The Morgan fingerprint density at radius 2 is 2.19 bits per heavy atom. The van der Waals surface area contributed by atoms with Gasteiger partial charge in [0.25, 0.3) is 0 Å². The predicted molar refractivity (Wildman–Crippen MR) is 60.7 cm³/mol. The number of rotatable bonds is 3. The molecule has 0 radical (unpaired) electrons. The molecule has 3 N–H and O–H groups in total. The van der Waals surface area contributed by atoms with Crippen molar-refractivity contribution in [3.63, 3.8) is 0 Å². The number of nitrogens with two attached hydrogens (primary N) is 1. The van der Waals surface area contributed by atoms with Crippen LogP contribution in [0.15, 0.2) is 40.5 Å². The Bertz CT molecular complexity index is 524. The minimum absolute atomic E-state index is 0.328. The first-order chi connectivity index (χ1) is 7.72. The normalized spacial score (nSPS) is 12.3. The summed E-state index contributed by atoms with van der Waals surface area (Å²) in [7, 11) is 0.100. The molecule has 2 aromatic rings. The number of hydrogen-bond acceptors (Lipinski definition) is 4. The van der Waals surface area contributed by atoms with E-state index in [2.05, 4.69) is 9.97 Å². The topological polar surface area (TPSA) is 81.0 Å². The van der Waals surface area contributed by atoms with Gasteiger partial charge in [0.15, 0.2) is 0 Å². The van der Waals surface area contributed by atoms with E-state index in [4.69, 9.17) is 10.5 Å². The zero-order valence-corrected chi connectivity index (χ0v) is 9.45. The maximum Gasteiger partial charge on any atom is 0.211 e. The fourth-order valence-corrected chi connectivity index (χ4v) is 2.27. The van der Waals surface area contributed by atoms with Crippen LogP contribution in [0.3, 0.4) is 0 Å². The first-order valence-electron chi connectivity index (χ1n) is 4.57. The zero-order valence-electron chi connectivity index (χ0n) is 8.64. The molecule has 0 fully saturated rings. The first-order valence-corrected chi connectivity index (χ1v) is 5.72. The van der Waals surface area contributed by atoms with Crippen LogP contribution in [0.5, 0.6) is 5.88 Å². The van der Waals surface area contributed by atoms with E-state index in [1.807, 2.05) is 0 Å². The Kier molecular flexibility index (Phi) is 2.91. The van der Waals surface area contributed by atoms with Gasteiger partial charge in [-0.3, -0.25) is 0 Å². The first kappa shape index (κ1) is 10.7. The number of nitrogen functional groups attached to an aromatic ring is 1. The minimum atomic E-state index is -1.41. The van der Waals surface area contributed by atoms with Crippen LogP contribution in [0, 0.1) is 0 Å². The molecule has 6 heteroatoms. The maximum absolute atomic E-state index is 12.1. The molecule has 0 saturated heterocycles. The SMILES string of the molecule is COc1cnc(S(=O)c2ccccc2N)[nH]1. The molecule has 0 aliphatic rings. The fraction of sp³-hybridized carbons (Fsp3) is 0.100. The van der Waals surface area contributed by atoms with E-state index in [1.54, 1.807) is 24.3 Å². The maximum atomic E-state index is 12.1. The lowest BCUT2D eigenvalue weighted by Gasteiger charge is -2.02. The lowest BCUT2D eigenvalue weighted by atomic mass is 10.3. The average Bonchev–Trinajstić information content (AvgIpc) is 2.77. The van der Waals surface area contributed by atoms with E-state index in [0.717, 1.165) is 0 Å². The van der Waals surface area contributed by atoms with Crippen LogP contribution < -0.4 is 10.5 Å². The number of imidazole rings is 1. The Hall–Kier alpha value is -1.82. The summed E-state index contributed by atoms with van der Waals surface area (Å²) in [5.41, 5.74) is 6.21. The second kappa shape index (κ2) is 4.36.